The quantitative estimate of drug-likeness (QED) is 0.0161. The number of fused-ring (bicyclic) bond motifs is 5. The van der Waals surface area contributed by atoms with Gasteiger partial charge in [-0.3, -0.25) is 34.5 Å². The molecule has 37 nitrogen and oxygen atoms in total. The molecule has 0 bridgehead atoms. The highest BCUT2D eigenvalue weighted by molar-refractivity contribution is 9.10. The van der Waals surface area contributed by atoms with Crippen LogP contribution in [0.3, 0.4) is 0 Å². The number of carbonyl (C=O) groups excluding carboxylic acids is 2. The molecule has 1 aliphatic rings. The number of nitrogens with two attached hydrogens (primary N) is 2. The van der Waals surface area contributed by atoms with Crippen LogP contribution in [0.15, 0.2) is 251 Å². The molecule has 6 aromatic heterocycles. The molecule has 0 atom stereocenters. The first-order chi connectivity index (χ1) is 71.2. The summed E-state index contributed by atoms with van der Waals surface area (Å²) in [7, 11) is 11.3. The van der Waals surface area contributed by atoms with E-state index >= 15 is 0 Å². The molecule has 40 heteroatoms. The number of methoxy groups -OCH3 is 5. The van der Waals surface area contributed by atoms with Crippen molar-refractivity contribution >= 4 is 197 Å². The molecule has 0 radical (unpaired) electrons. The van der Waals surface area contributed by atoms with Crippen molar-refractivity contribution in [2.45, 2.75) is 32.4 Å². The van der Waals surface area contributed by atoms with Crippen LogP contribution < -0.4 is 61.7 Å². The number of oxazole rings is 1. The van der Waals surface area contributed by atoms with Crippen molar-refractivity contribution in [3.8, 4) is 40.2 Å². The van der Waals surface area contributed by atoms with Gasteiger partial charge in [-0.1, -0.05) is 88.2 Å². The van der Waals surface area contributed by atoms with Crippen LogP contribution in [0, 0.1) is 0 Å². The molecular weight excluding hydrogens is 2040 g/mol. The summed E-state index contributed by atoms with van der Waals surface area (Å²) in [6.07, 6.45) is 13.2. The Morgan fingerprint density at radius 1 is 0.401 bits per heavy atom. The van der Waals surface area contributed by atoms with E-state index in [2.05, 4.69) is 88.3 Å². The van der Waals surface area contributed by atoms with Crippen LogP contribution >= 0.6 is 43.5 Å². The number of morpholine rings is 1. The minimum atomic E-state index is -1.08. The van der Waals surface area contributed by atoms with Gasteiger partial charge in [0.05, 0.1) is 187 Å². The van der Waals surface area contributed by atoms with Crippen LogP contribution in [0.1, 0.15) is 103 Å². The Kier molecular flexibility index (Phi) is 38.5. The molecule has 2 amide bonds. The van der Waals surface area contributed by atoms with Crippen LogP contribution in [-0.4, -0.2) is 222 Å². The van der Waals surface area contributed by atoms with Gasteiger partial charge in [0.1, 0.15) is 12.0 Å². The lowest BCUT2D eigenvalue weighted by Crippen LogP contribution is -2.41. The van der Waals surface area contributed by atoms with Gasteiger partial charge in [-0.2, -0.15) is 0 Å². The van der Waals surface area contributed by atoms with Crippen molar-refractivity contribution in [2.75, 3.05) is 142 Å². The molecule has 17 rings (SSSR count). The number of carboxylic acid groups (broad SMARTS) is 5. The van der Waals surface area contributed by atoms with E-state index < -0.39 is 29.8 Å². The third-order valence-corrected chi connectivity index (χ3v) is 24.0. The molecule has 0 saturated carbocycles. The van der Waals surface area contributed by atoms with E-state index in [0.29, 0.717) is 224 Å². The number of hydrogen-bond acceptors (Lipinski definition) is 30. The largest absolute Gasteiger partial charge is 0.493 e. The number of nitrogens with one attached hydrogen (secondary N) is 5. The highest BCUT2D eigenvalue weighted by Crippen LogP contribution is 2.45. The van der Waals surface area contributed by atoms with Crippen LogP contribution in [0.5, 0.6) is 28.7 Å². The summed E-state index contributed by atoms with van der Waals surface area (Å²) in [6.45, 7) is 5.51. The maximum atomic E-state index is 13.5. The van der Waals surface area contributed by atoms with Gasteiger partial charge >= 0.3 is 29.8 Å². The highest BCUT2D eigenvalue weighted by atomic mass is 79.9. The monoisotopic (exact) mass is 2140 g/mol. The Morgan fingerprint density at radius 2 is 0.769 bits per heavy atom. The number of aromatic carboxylic acids is 5. The first-order valence-corrected chi connectivity index (χ1v) is 47.6. The summed E-state index contributed by atoms with van der Waals surface area (Å²) in [4.78, 5) is 114. The second-order valence-electron chi connectivity index (χ2n) is 32.4. The fourth-order valence-corrected chi connectivity index (χ4v) is 16.4. The summed E-state index contributed by atoms with van der Waals surface area (Å²) in [6, 6.07) is 55.0. The second-order valence-corrected chi connectivity index (χ2v) is 34.6. The van der Waals surface area contributed by atoms with Crippen LogP contribution in [0.4, 0.5) is 56.9 Å². The van der Waals surface area contributed by atoms with Crippen LogP contribution in [-0.2, 0) is 32.0 Å². The summed E-state index contributed by atoms with van der Waals surface area (Å²) >= 11 is 13.1. The van der Waals surface area contributed by atoms with E-state index in [1.807, 2.05) is 30.3 Å². The van der Waals surface area contributed by atoms with Gasteiger partial charge in [0.25, 0.3) is 11.8 Å². The van der Waals surface area contributed by atoms with Gasteiger partial charge in [-0.25, -0.2) is 29.0 Å². The summed E-state index contributed by atoms with van der Waals surface area (Å²) in [5.41, 5.74) is 23.6. The van der Waals surface area contributed by atoms with Gasteiger partial charge in [0.2, 0.25) is 5.89 Å². The lowest BCUT2D eigenvalue weighted by atomic mass is 10.1. The third-order valence-electron chi connectivity index (χ3n) is 22.7. The number of anilines is 10. The fourth-order valence-electron chi connectivity index (χ4n) is 15.4. The molecule has 7 heterocycles. The van der Waals surface area contributed by atoms with E-state index in [9.17, 15) is 59.1 Å². The first-order valence-electron chi connectivity index (χ1n) is 45.7. The molecule has 147 heavy (non-hydrogen) atoms. The smallest absolute Gasteiger partial charge is 0.337 e. The number of carboxylic acids is 5. The predicted molar refractivity (Wildman–Crippen MR) is 568 cm³/mol. The second kappa shape index (κ2) is 52.3. The number of para-hydroxylation sites is 5. The minimum Gasteiger partial charge on any atom is -0.493 e. The number of halogens is 3. The predicted octanol–water partition coefficient (Wildman–Crippen LogP) is 20.6. The number of carbonyl (C=O) groups is 7. The van der Waals surface area contributed by atoms with E-state index in [4.69, 9.17) is 70.1 Å². The van der Waals surface area contributed by atoms with Gasteiger partial charge in [0, 0.05) is 197 Å². The number of rotatable bonds is 37. The zero-order valence-corrected chi connectivity index (χ0v) is 84.6. The maximum absolute atomic E-state index is 13.5. The Balaban J connectivity index is 0.000000155. The molecule has 760 valence electrons. The lowest BCUT2D eigenvalue weighted by Gasteiger charge is -2.28. The molecule has 1 aliphatic heterocycles. The number of nitrogens with zero attached hydrogens (tertiary/aromatic N) is 8. The SMILES string of the molecule is COCCCOc1cc2ncc(-c3ncco3)c(Nc3ccccc3C(=O)O)c2cc1OC.COCCCOc1cc2ncc(C(=O)N(C)C)c(Nc3ccccc3C(=O)O)c2cc1Br.COCCCOc1cc2ncc(C(=O)N3CCOCC3)c(Nc3ccccc3C(=O)O)c2cc1OC.NCc1cnc2ccc(Br)cc2c1Nc1ccccc1C(=O)O.NCc1cnc2ccc(Cl)cc2c1Nc1ccccc1C(=O)O. The van der Waals surface area contributed by atoms with Gasteiger partial charge in [-0.15, -0.1) is 0 Å². The van der Waals surface area contributed by atoms with Crippen molar-refractivity contribution < 1.29 is 106 Å². The van der Waals surface area contributed by atoms with Crippen molar-refractivity contribution in [2.24, 2.45) is 11.5 Å². The zero-order valence-electron chi connectivity index (χ0n) is 80.7. The Labute approximate surface area is 864 Å². The standard InChI is InChI=1S/C26H29N3O7.C24H23N3O6.C23H24BrN3O5.C17H14BrN3O2.C17H14ClN3O2/c1-33-10-5-11-36-23-15-21-18(14-22(23)34-2)24(28-20-7-4-3-6-17(20)26(31)32)19(16-27-21)25(30)29-8-12-35-13-9-29;1-30-9-5-10-32-21-13-19-16(12-20(21)31-2)22(17(14-26-19)23-25-8-11-33-23)27-18-7-4-3-6-15(18)24(28)29;1-27(2)22(28)16-13-25-19-12-20(32-10-6-9-31-3)17(24)11-15(19)21(16)26-18-8-5-4-7-14(18)23(29)30;2*18-11-5-6-14-13(7-11)16(10(8-19)9-20-14)21-15-4-2-1-3-12(15)17(22)23/h3-4,6-7,14-16H,5,8-13H2,1-2H3,(H,27,28)(H,31,32);3-4,6-8,11-14H,5,9-10H2,1-2H3,(H,26,27)(H,28,29);4-5,7-8,11-13H,6,9-10H2,1-3H3,(H,25,26)(H,29,30);2*1-7,9H,8,19H2,(H,20,21)(H,22,23). The molecular formula is C107H104Br2ClN15O22. The molecule has 14 N–H and O–H groups in total. The highest BCUT2D eigenvalue weighted by Gasteiger charge is 2.29. The number of amides is 2. The zero-order chi connectivity index (χ0) is 105. The van der Waals surface area contributed by atoms with E-state index in [0.717, 1.165) is 55.9 Å². The molecule has 10 aromatic carbocycles. The Morgan fingerprint density at radius 3 is 1.18 bits per heavy atom. The summed E-state index contributed by atoms with van der Waals surface area (Å²) < 4.78 is 56.4. The fraction of sp³-hybridized carbons (Fsp3) is 0.206. The normalized spacial score (nSPS) is 11.4. The topological polar surface area (TPSA) is 513 Å². The van der Waals surface area contributed by atoms with Crippen LogP contribution in [0.2, 0.25) is 5.02 Å². The van der Waals surface area contributed by atoms with Crippen molar-refractivity contribution in [1.82, 2.24) is 39.7 Å². The molecule has 1 saturated heterocycles. The molecule has 0 spiro atoms. The average molecular weight is 2150 g/mol. The van der Waals surface area contributed by atoms with Crippen molar-refractivity contribution in [1.29, 1.82) is 0 Å². The molecule has 16 aromatic rings. The number of benzene rings is 10. The molecule has 1 fully saturated rings. The van der Waals surface area contributed by atoms with E-state index in [-0.39, 0.29) is 46.2 Å². The average Bonchev–Trinajstić information content (AvgIpc) is 1.44. The van der Waals surface area contributed by atoms with Gasteiger partial charge in [-0.05, 0) is 131 Å². The third kappa shape index (κ3) is 27.3. The van der Waals surface area contributed by atoms with Gasteiger partial charge in [0.15, 0.2) is 23.0 Å². The summed E-state index contributed by atoms with van der Waals surface area (Å²) in [5, 5.41) is 67.7. The Bertz CT molecular complexity index is 7310. The van der Waals surface area contributed by atoms with E-state index in [1.165, 1.54) is 55.1 Å². The van der Waals surface area contributed by atoms with Crippen LogP contribution in [0.25, 0.3) is 66.0 Å². The summed E-state index contributed by atoms with van der Waals surface area (Å²) in [5.74, 6) is -2.66. The lowest BCUT2D eigenvalue weighted by molar-refractivity contribution is 0.0303. The van der Waals surface area contributed by atoms with E-state index in [1.54, 1.807) is 212 Å². The minimum absolute atomic E-state index is 0.0808. The van der Waals surface area contributed by atoms with Crippen molar-refractivity contribution in [3.63, 3.8) is 0 Å². The maximum Gasteiger partial charge on any atom is 0.337 e. The first kappa shape index (κ1) is 108. The number of ether oxygens (including phenoxy) is 9. The number of hydrogen-bond donors (Lipinski definition) is 12. The molecule has 0 aliphatic carbocycles. The molecule has 0 unspecified atom stereocenters. The van der Waals surface area contributed by atoms with Crippen molar-refractivity contribution in [3.05, 3.63) is 302 Å². The number of pyridine rings is 5. The van der Waals surface area contributed by atoms with Gasteiger partial charge < -0.3 is 120 Å². The number of aromatic nitrogens is 6. The Hall–Kier alpha value is -16.2.